The number of carbonyl (C=O) groups excluding carboxylic acids is 1. The van der Waals surface area contributed by atoms with Gasteiger partial charge in [0.1, 0.15) is 0 Å². The van der Waals surface area contributed by atoms with Crippen molar-refractivity contribution < 1.29 is 4.79 Å². The van der Waals surface area contributed by atoms with Crippen LogP contribution in [0.25, 0.3) is 0 Å². The lowest BCUT2D eigenvalue weighted by atomic mass is 9.86. The summed E-state index contributed by atoms with van der Waals surface area (Å²) in [7, 11) is 0. The highest BCUT2D eigenvalue weighted by atomic mass is 16.2. The molecule has 1 atom stereocenters. The number of hydrogen-bond acceptors (Lipinski definition) is 2. The molecule has 0 radical (unpaired) electrons. The van der Waals surface area contributed by atoms with Crippen molar-refractivity contribution in [2.45, 2.75) is 31.7 Å². The van der Waals surface area contributed by atoms with Crippen LogP contribution in [0.5, 0.6) is 0 Å². The Morgan fingerprint density at radius 2 is 1.96 bits per heavy atom. The van der Waals surface area contributed by atoms with Gasteiger partial charge in [-0.3, -0.25) is 4.90 Å². The number of benzene rings is 2. The molecule has 3 rings (SSSR count). The van der Waals surface area contributed by atoms with Crippen molar-refractivity contribution in [3.8, 4) is 6.07 Å². The molecule has 0 fully saturated rings. The summed E-state index contributed by atoms with van der Waals surface area (Å²) in [6.45, 7) is 4.31. The van der Waals surface area contributed by atoms with Crippen molar-refractivity contribution in [3.05, 3.63) is 65.2 Å². The molecule has 0 bridgehead atoms. The van der Waals surface area contributed by atoms with Crippen LogP contribution >= 0.6 is 0 Å². The predicted octanol–water partition coefficient (Wildman–Crippen LogP) is 3.87. The van der Waals surface area contributed by atoms with Crippen LogP contribution in [-0.4, -0.2) is 6.03 Å². The SMILES string of the molecule is CC1(C)CC(N(C(N)=O)c2ccccc2)c2cc(C#N)ccc21. The summed E-state index contributed by atoms with van der Waals surface area (Å²) in [6.07, 6.45) is 0.773. The van der Waals surface area contributed by atoms with Crippen molar-refractivity contribution in [1.82, 2.24) is 0 Å². The largest absolute Gasteiger partial charge is 0.351 e. The molecule has 1 aliphatic carbocycles. The molecule has 0 aliphatic heterocycles. The number of hydrogen-bond donors (Lipinski definition) is 1. The molecule has 1 aliphatic rings. The normalized spacial score (nSPS) is 18.0. The van der Waals surface area contributed by atoms with E-state index in [4.69, 9.17) is 5.73 Å². The van der Waals surface area contributed by atoms with E-state index in [1.54, 1.807) is 4.90 Å². The number of nitriles is 1. The van der Waals surface area contributed by atoms with Gasteiger partial charge in [0, 0.05) is 5.69 Å². The number of rotatable bonds is 2. The van der Waals surface area contributed by atoms with Crippen LogP contribution in [0.2, 0.25) is 0 Å². The van der Waals surface area contributed by atoms with Crippen molar-refractivity contribution in [2.75, 3.05) is 4.90 Å². The first-order valence-corrected chi connectivity index (χ1v) is 7.62. The van der Waals surface area contributed by atoms with E-state index in [1.807, 2.05) is 48.5 Å². The Morgan fingerprint density at radius 3 is 2.57 bits per heavy atom. The molecular weight excluding hydrogens is 286 g/mol. The topological polar surface area (TPSA) is 70.1 Å². The predicted molar refractivity (Wildman–Crippen MR) is 90.0 cm³/mol. The first-order chi connectivity index (χ1) is 10.9. The van der Waals surface area contributed by atoms with Gasteiger partial charge in [0.25, 0.3) is 0 Å². The van der Waals surface area contributed by atoms with Crippen LogP contribution in [0.15, 0.2) is 48.5 Å². The third kappa shape index (κ3) is 2.55. The van der Waals surface area contributed by atoms with E-state index in [9.17, 15) is 10.1 Å². The average molecular weight is 305 g/mol. The molecular formula is C19H19N3O. The van der Waals surface area contributed by atoms with E-state index < -0.39 is 6.03 Å². The van der Waals surface area contributed by atoms with Gasteiger partial charge >= 0.3 is 6.03 Å². The zero-order chi connectivity index (χ0) is 16.6. The molecule has 2 N–H and O–H groups in total. The molecule has 0 saturated heterocycles. The van der Waals surface area contributed by atoms with Crippen LogP contribution < -0.4 is 10.6 Å². The molecule has 23 heavy (non-hydrogen) atoms. The van der Waals surface area contributed by atoms with Gasteiger partial charge in [0.15, 0.2) is 0 Å². The first kappa shape index (κ1) is 15.1. The van der Waals surface area contributed by atoms with Gasteiger partial charge in [-0.25, -0.2) is 4.79 Å². The second-order valence-electron chi connectivity index (χ2n) is 6.56. The summed E-state index contributed by atoms with van der Waals surface area (Å²) in [5.74, 6) is 0. The van der Waals surface area contributed by atoms with Crippen molar-refractivity contribution in [2.24, 2.45) is 5.73 Å². The fraction of sp³-hybridized carbons (Fsp3) is 0.263. The monoisotopic (exact) mass is 305 g/mol. The third-order valence-electron chi connectivity index (χ3n) is 4.56. The van der Waals surface area contributed by atoms with E-state index in [-0.39, 0.29) is 11.5 Å². The number of primary amides is 1. The van der Waals surface area contributed by atoms with Crippen molar-refractivity contribution in [1.29, 1.82) is 5.26 Å². The van der Waals surface area contributed by atoms with Crippen LogP contribution in [0.3, 0.4) is 0 Å². The maximum Gasteiger partial charge on any atom is 0.319 e. The van der Waals surface area contributed by atoms with Crippen LogP contribution in [0, 0.1) is 11.3 Å². The lowest BCUT2D eigenvalue weighted by molar-refractivity contribution is 0.251. The lowest BCUT2D eigenvalue weighted by Crippen LogP contribution is -2.38. The highest BCUT2D eigenvalue weighted by molar-refractivity contribution is 5.92. The van der Waals surface area contributed by atoms with E-state index in [0.717, 1.165) is 17.7 Å². The maximum absolute atomic E-state index is 12.1. The zero-order valence-corrected chi connectivity index (χ0v) is 13.3. The molecule has 4 nitrogen and oxygen atoms in total. The quantitative estimate of drug-likeness (QED) is 0.915. The van der Waals surface area contributed by atoms with E-state index in [2.05, 4.69) is 19.9 Å². The Bertz CT molecular complexity index is 790. The van der Waals surface area contributed by atoms with Gasteiger partial charge in [-0.15, -0.1) is 0 Å². The molecule has 2 aromatic carbocycles. The van der Waals surface area contributed by atoms with Gasteiger partial charge in [-0.05, 0) is 47.2 Å². The number of urea groups is 1. The van der Waals surface area contributed by atoms with Gasteiger partial charge in [0.2, 0.25) is 0 Å². The Hall–Kier alpha value is -2.80. The van der Waals surface area contributed by atoms with Crippen molar-refractivity contribution in [3.63, 3.8) is 0 Å². The maximum atomic E-state index is 12.1. The van der Waals surface area contributed by atoms with Gasteiger partial charge < -0.3 is 5.73 Å². The molecule has 116 valence electrons. The number of amides is 2. The second-order valence-corrected chi connectivity index (χ2v) is 6.56. The lowest BCUT2D eigenvalue weighted by Gasteiger charge is -2.29. The van der Waals surface area contributed by atoms with Crippen LogP contribution in [-0.2, 0) is 5.41 Å². The van der Waals surface area contributed by atoms with Crippen LogP contribution in [0.4, 0.5) is 10.5 Å². The molecule has 0 saturated carbocycles. The second kappa shape index (κ2) is 5.44. The van der Waals surface area contributed by atoms with E-state index >= 15 is 0 Å². The van der Waals surface area contributed by atoms with E-state index in [1.165, 1.54) is 5.56 Å². The summed E-state index contributed by atoms with van der Waals surface area (Å²) in [4.78, 5) is 13.8. The Morgan fingerprint density at radius 1 is 1.26 bits per heavy atom. The molecule has 0 heterocycles. The summed E-state index contributed by atoms with van der Waals surface area (Å²) in [5.41, 5.74) is 9.17. The summed E-state index contributed by atoms with van der Waals surface area (Å²) < 4.78 is 0. The first-order valence-electron chi connectivity index (χ1n) is 7.62. The Kier molecular flexibility index (Phi) is 3.57. The summed E-state index contributed by atoms with van der Waals surface area (Å²) in [5, 5.41) is 9.19. The number of para-hydroxylation sites is 1. The molecule has 2 amide bonds. The van der Waals surface area contributed by atoms with Gasteiger partial charge in [0.05, 0.1) is 17.7 Å². The third-order valence-corrected chi connectivity index (χ3v) is 4.56. The van der Waals surface area contributed by atoms with Crippen LogP contribution in [0.1, 0.15) is 43.0 Å². The number of nitrogens with two attached hydrogens (primary N) is 1. The minimum absolute atomic E-state index is 0.0730. The standard InChI is InChI=1S/C19H19N3O/c1-19(2)11-17(15-10-13(12-20)8-9-16(15)19)22(18(21)23)14-6-4-3-5-7-14/h3-10,17H,11H2,1-2H3,(H2,21,23). The molecule has 0 aromatic heterocycles. The smallest absolute Gasteiger partial charge is 0.319 e. The number of fused-ring (bicyclic) bond motifs is 1. The van der Waals surface area contributed by atoms with Gasteiger partial charge in [-0.2, -0.15) is 5.26 Å². The Labute approximate surface area is 136 Å². The van der Waals surface area contributed by atoms with E-state index in [0.29, 0.717) is 5.56 Å². The molecule has 1 unspecified atom stereocenters. The number of anilines is 1. The molecule has 0 spiro atoms. The van der Waals surface area contributed by atoms with Crippen molar-refractivity contribution >= 4 is 11.7 Å². The van der Waals surface area contributed by atoms with Gasteiger partial charge in [-0.1, -0.05) is 38.1 Å². The molecule has 2 aromatic rings. The average Bonchev–Trinajstić information content (AvgIpc) is 2.79. The molecule has 4 heteroatoms. The fourth-order valence-corrected chi connectivity index (χ4v) is 3.51. The Balaban J connectivity index is 2.14. The summed E-state index contributed by atoms with van der Waals surface area (Å²) in [6, 6.07) is 16.7. The number of nitrogens with zero attached hydrogens (tertiary/aromatic N) is 2. The summed E-state index contributed by atoms with van der Waals surface area (Å²) >= 11 is 0. The highest BCUT2D eigenvalue weighted by Gasteiger charge is 2.41. The zero-order valence-electron chi connectivity index (χ0n) is 13.3. The highest BCUT2D eigenvalue weighted by Crippen LogP contribution is 2.48. The number of carbonyl (C=O) groups is 1. The minimum Gasteiger partial charge on any atom is -0.351 e. The minimum atomic E-state index is -0.479. The fourth-order valence-electron chi connectivity index (χ4n) is 3.51.